The second kappa shape index (κ2) is 10.2. The van der Waals surface area contributed by atoms with Crippen LogP contribution in [-0.4, -0.2) is 61.6 Å². The summed E-state index contributed by atoms with van der Waals surface area (Å²) in [7, 11) is 3.41. The zero-order valence-electron chi connectivity index (χ0n) is 17.6. The molecule has 8 heteroatoms. The van der Waals surface area contributed by atoms with E-state index in [0.29, 0.717) is 29.1 Å². The van der Waals surface area contributed by atoms with Gasteiger partial charge in [-0.2, -0.15) is 0 Å². The maximum atomic E-state index is 13.0. The molecule has 7 nitrogen and oxygen atoms in total. The number of amides is 2. The molecule has 1 aromatic carbocycles. The fourth-order valence-electron chi connectivity index (χ4n) is 4.14. The number of hydrogen-bond donors (Lipinski definition) is 2. The number of rotatable bonds is 7. The average molecular weight is 426 g/mol. The van der Waals surface area contributed by atoms with Gasteiger partial charge in [-0.05, 0) is 57.7 Å². The lowest BCUT2D eigenvalue weighted by atomic mass is 9.98. The van der Waals surface area contributed by atoms with Crippen LogP contribution in [0.2, 0.25) is 0 Å². The highest BCUT2D eigenvalue weighted by atomic mass is 35.5. The summed E-state index contributed by atoms with van der Waals surface area (Å²) in [6.45, 7) is 3.69. The van der Waals surface area contributed by atoms with Crippen molar-refractivity contribution in [2.75, 3.05) is 20.8 Å². The summed E-state index contributed by atoms with van der Waals surface area (Å²) < 4.78 is 10.9. The third kappa shape index (κ3) is 5.76. The summed E-state index contributed by atoms with van der Waals surface area (Å²) in [6, 6.07) is 6.47. The molecule has 1 aromatic rings. The zero-order valence-corrected chi connectivity index (χ0v) is 18.4. The van der Waals surface area contributed by atoms with Crippen molar-refractivity contribution >= 4 is 24.2 Å². The van der Waals surface area contributed by atoms with Gasteiger partial charge in [0.1, 0.15) is 0 Å². The molecular formula is C21H32ClN3O4. The SMILES string of the molecule is COc1cc(C(=O)N(C)C2CC3CCC(C2)N3)ccc1OCC(=O)NC(C)C.Cl. The minimum Gasteiger partial charge on any atom is -0.493 e. The smallest absolute Gasteiger partial charge is 0.258 e. The van der Waals surface area contributed by atoms with Gasteiger partial charge in [-0.25, -0.2) is 0 Å². The largest absolute Gasteiger partial charge is 0.493 e. The Balaban J connectivity index is 0.00000300. The van der Waals surface area contributed by atoms with Gasteiger partial charge >= 0.3 is 0 Å². The van der Waals surface area contributed by atoms with E-state index >= 15 is 0 Å². The molecule has 2 unspecified atom stereocenters. The first-order valence-corrected chi connectivity index (χ1v) is 10.0. The monoisotopic (exact) mass is 425 g/mol. The molecule has 0 radical (unpaired) electrons. The quantitative estimate of drug-likeness (QED) is 0.701. The number of nitrogens with one attached hydrogen (secondary N) is 2. The van der Waals surface area contributed by atoms with E-state index < -0.39 is 0 Å². The summed E-state index contributed by atoms with van der Waals surface area (Å²) in [6.07, 6.45) is 4.41. The standard InChI is InChI=1S/C21H31N3O4.ClH/c1-13(2)22-20(25)12-28-18-8-5-14(9-19(18)27-4)21(26)24(3)17-10-15-6-7-16(11-17)23-15;/h5,8-9,13,15-17,23H,6-7,10-12H2,1-4H3,(H,22,25);1H. The lowest BCUT2D eigenvalue weighted by Gasteiger charge is -2.35. The highest BCUT2D eigenvalue weighted by molar-refractivity contribution is 5.95. The number of ether oxygens (including phenoxy) is 2. The molecule has 2 bridgehead atoms. The molecule has 3 rings (SSSR count). The number of methoxy groups -OCH3 is 1. The Bertz CT molecular complexity index is 716. The van der Waals surface area contributed by atoms with Crippen LogP contribution in [0.1, 0.15) is 49.9 Å². The molecular weight excluding hydrogens is 394 g/mol. The molecule has 2 N–H and O–H groups in total. The predicted molar refractivity (Wildman–Crippen MR) is 114 cm³/mol. The van der Waals surface area contributed by atoms with E-state index in [1.807, 2.05) is 25.8 Å². The Morgan fingerprint density at radius 2 is 1.86 bits per heavy atom. The molecule has 0 aromatic heterocycles. The Hall–Kier alpha value is -1.99. The van der Waals surface area contributed by atoms with Crippen LogP contribution in [0.15, 0.2) is 18.2 Å². The van der Waals surface area contributed by atoms with E-state index in [9.17, 15) is 9.59 Å². The molecule has 2 atom stereocenters. The van der Waals surface area contributed by atoms with Crippen molar-refractivity contribution in [3.8, 4) is 11.5 Å². The first-order valence-electron chi connectivity index (χ1n) is 10.0. The van der Waals surface area contributed by atoms with Gasteiger partial charge < -0.3 is 25.0 Å². The average Bonchev–Trinajstić information content (AvgIpc) is 3.02. The summed E-state index contributed by atoms with van der Waals surface area (Å²) in [4.78, 5) is 26.6. The molecule has 2 fully saturated rings. The number of carbonyl (C=O) groups excluding carboxylic acids is 2. The van der Waals surface area contributed by atoms with Crippen molar-refractivity contribution in [1.29, 1.82) is 0 Å². The number of benzene rings is 1. The fourth-order valence-corrected chi connectivity index (χ4v) is 4.14. The Labute approximate surface area is 178 Å². The Kier molecular flexibility index (Phi) is 8.16. The first-order chi connectivity index (χ1) is 13.4. The molecule has 2 heterocycles. The summed E-state index contributed by atoms with van der Waals surface area (Å²) in [5, 5.41) is 6.38. The maximum Gasteiger partial charge on any atom is 0.258 e. The van der Waals surface area contributed by atoms with Crippen LogP contribution >= 0.6 is 12.4 Å². The lowest BCUT2D eigenvalue weighted by Crippen LogP contribution is -2.48. The van der Waals surface area contributed by atoms with Crippen LogP contribution in [0.4, 0.5) is 0 Å². The minimum atomic E-state index is -0.197. The molecule has 2 aliphatic rings. The van der Waals surface area contributed by atoms with Crippen LogP contribution in [-0.2, 0) is 4.79 Å². The Morgan fingerprint density at radius 3 is 2.45 bits per heavy atom. The summed E-state index contributed by atoms with van der Waals surface area (Å²) in [5.74, 6) is 0.675. The fraction of sp³-hybridized carbons (Fsp3) is 0.619. The van der Waals surface area contributed by atoms with Crippen molar-refractivity contribution in [1.82, 2.24) is 15.5 Å². The second-order valence-electron chi connectivity index (χ2n) is 8.06. The van der Waals surface area contributed by atoms with Crippen LogP contribution in [0, 0.1) is 0 Å². The van der Waals surface area contributed by atoms with Gasteiger partial charge in [0.15, 0.2) is 18.1 Å². The van der Waals surface area contributed by atoms with E-state index in [1.165, 1.54) is 20.0 Å². The topological polar surface area (TPSA) is 79.9 Å². The van der Waals surface area contributed by atoms with Gasteiger partial charge in [-0.3, -0.25) is 9.59 Å². The summed E-state index contributed by atoms with van der Waals surface area (Å²) in [5.41, 5.74) is 0.559. The minimum absolute atomic E-state index is 0. The molecule has 2 amide bonds. The Morgan fingerprint density at radius 1 is 1.21 bits per heavy atom. The first kappa shape index (κ1) is 23.3. The predicted octanol–water partition coefficient (Wildman–Crippen LogP) is 2.38. The van der Waals surface area contributed by atoms with Gasteiger partial charge in [-0.15, -0.1) is 12.4 Å². The van der Waals surface area contributed by atoms with Crippen molar-refractivity contribution < 1.29 is 19.1 Å². The van der Waals surface area contributed by atoms with Crippen LogP contribution in [0.25, 0.3) is 0 Å². The van der Waals surface area contributed by atoms with E-state index in [1.54, 1.807) is 18.2 Å². The normalized spacial score (nSPS) is 22.6. The molecule has 2 saturated heterocycles. The molecule has 0 aliphatic carbocycles. The van der Waals surface area contributed by atoms with Crippen LogP contribution in [0.3, 0.4) is 0 Å². The molecule has 0 saturated carbocycles. The maximum absolute atomic E-state index is 13.0. The van der Waals surface area contributed by atoms with Gasteiger partial charge in [0.25, 0.3) is 11.8 Å². The molecule has 2 aliphatic heterocycles. The third-order valence-electron chi connectivity index (χ3n) is 5.54. The number of nitrogens with zero attached hydrogens (tertiary/aromatic N) is 1. The number of hydrogen-bond acceptors (Lipinski definition) is 5. The molecule has 162 valence electrons. The molecule has 0 spiro atoms. The number of halogens is 1. The van der Waals surface area contributed by atoms with Crippen molar-refractivity contribution in [3.05, 3.63) is 23.8 Å². The van der Waals surface area contributed by atoms with Gasteiger partial charge in [-0.1, -0.05) is 0 Å². The number of carbonyl (C=O) groups is 2. The number of fused-ring (bicyclic) bond motifs is 2. The number of piperidine rings is 1. The highest BCUT2D eigenvalue weighted by Gasteiger charge is 2.36. The van der Waals surface area contributed by atoms with E-state index in [-0.39, 0.29) is 42.9 Å². The van der Waals surface area contributed by atoms with E-state index in [0.717, 1.165) is 12.8 Å². The third-order valence-corrected chi connectivity index (χ3v) is 5.54. The van der Waals surface area contributed by atoms with Crippen LogP contribution < -0.4 is 20.1 Å². The zero-order chi connectivity index (χ0) is 20.3. The van der Waals surface area contributed by atoms with Crippen molar-refractivity contribution in [2.24, 2.45) is 0 Å². The second-order valence-corrected chi connectivity index (χ2v) is 8.06. The summed E-state index contributed by atoms with van der Waals surface area (Å²) >= 11 is 0. The lowest BCUT2D eigenvalue weighted by molar-refractivity contribution is -0.123. The van der Waals surface area contributed by atoms with Gasteiger partial charge in [0.2, 0.25) is 0 Å². The van der Waals surface area contributed by atoms with Gasteiger partial charge in [0.05, 0.1) is 7.11 Å². The van der Waals surface area contributed by atoms with E-state index in [4.69, 9.17) is 9.47 Å². The van der Waals surface area contributed by atoms with Gasteiger partial charge in [0, 0.05) is 36.8 Å². The van der Waals surface area contributed by atoms with Crippen molar-refractivity contribution in [3.63, 3.8) is 0 Å². The van der Waals surface area contributed by atoms with E-state index in [2.05, 4.69) is 10.6 Å². The van der Waals surface area contributed by atoms with Crippen molar-refractivity contribution in [2.45, 2.75) is 63.7 Å². The molecule has 29 heavy (non-hydrogen) atoms. The highest BCUT2D eigenvalue weighted by Crippen LogP contribution is 2.32. The van der Waals surface area contributed by atoms with Crippen LogP contribution in [0.5, 0.6) is 11.5 Å².